The first-order valence-corrected chi connectivity index (χ1v) is 6.12. The molecule has 0 fully saturated rings. The fourth-order valence-corrected chi connectivity index (χ4v) is 1.78. The highest BCUT2D eigenvalue weighted by Crippen LogP contribution is 2.21. The molecule has 2 N–H and O–H groups in total. The topological polar surface area (TPSA) is 46.2 Å². The number of hydrogen-bond donors (Lipinski definition) is 2. The Hall–Kier alpha value is -1.13. The summed E-state index contributed by atoms with van der Waals surface area (Å²) >= 11 is 0. The first kappa shape index (κ1) is 13.9. The van der Waals surface area contributed by atoms with E-state index in [9.17, 15) is 0 Å². The van der Waals surface area contributed by atoms with E-state index in [0.29, 0.717) is 11.9 Å². The van der Waals surface area contributed by atoms with Crippen molar-refractivity contribution >= 4 is 0 Å². The second-order valence-corrected chi connectivity index (χ2v) is 4.13. The molecule has 17 heavy (non-hydrogen) atoms. The number of likely N-dealkylation sites (N-methyl/N-ethyl adjacent to an activating group) is 1. The molecule has 0 aliphatic heterocycles. The van der Waals surface area contributed by atoms with Crippen LogP contribution in [0.5, 0.6) is 5.88 Å². The van der Waals surface area contributed by atoms with Crippen LogP contribution in [0.15, 0.2) is 18.3 Å². The zero-order chi connectivity index (χ0) is 12.7. The minimum atomic E-state index is 0.237. The molecule has 0 spiro atoms. The van der Waals surface area contributed by atoms with Gasteiger partial charge >= 0.3 is 0 Å². The third kappa shape index (κ3) is 3.98. The Morgan fingerprint density at radius 1 is 1.47 bits per heavy atom. The maximum absolute atomic E-state index is 5.26. The van der Waals surface area contributed by atoms with Gasteiger partial charge in [0.05, 0.1) is 7.11 Å². The van der Waals surface area contributed by atoms with E-state index in [-0.39, 0.29) is 6.04 Å². The summed E-state index contributed by atoms with van der Waals surface area (Å²) in [6.45, 7) is 5.24. The molecule has 0 bridgehead atoms. The molecule has 0 radical (unpaired) electrons. The van der Waals surface area contributed by atoms with Gasteiger partial charge in [0.15, 0.2) is 0 Å². The van der Waals surface area contributed by atoms with Crippen LogP contribution in [0, 0.1) is 0 Å². The summed E-state index contributed by atoms with van der Waals surface area (Å²) in [4.78, 5) is 4.21. The van der Waals surface area contributed by atoms with Gasteiger partial charge < -0.3 is 15.4 Å². The molecule has 4 nitrogen and oxygen atoms in total. The zero-order valence-electron chi connectivity index (χ0n) is 11.2. The molecule has 2 atom stereocenters. The van der Waals surface area contributed by atoms with E-state index in [1.165, 1.54) is 0 Å². The van der Waals surface area contributed by atoms with Crippen LogP contribution >= 0.6 is 0 Å². The Morgan fingerprint density at radius 2 is 2.24 bits per heavy atom. The lowest BCUT2D eigenvalue weighted by Crippen LogP contribution is -2.37. The second kappa shape index (κ2) is 7.25. The highest BCUT2D eigenvalue weighted by molar-refractivity contribution is 5.28. The van der Waals surface area contributed by atoms with Crippen LogP contribution in [0.25, 0.3) is 0 Å². The SMILES string of the molecule is CCC(CN[C@@H](C)c1cccnc1OC)NC. The van der Waals surface area contributed by atoms with Crippen LogP contribution < -0.4 is 15.4 Å². The van der Waals surface area contributed by atoms with E-state index in [2.05, 4.69) is 29.5 Å². The Morgan fingerprint density at radius 3 is 2.82 bits per heavy atom. The van der Waals surface area contributed by atoms with Crippen LogP contribution in [-0.4, -0.2) is 31.7 Å². The molecular weight excluding hydrogens is 214 g/mol. The number of nitrogens with zero attached hydrogens (tertiary/aromatic N) is 1. The van der Waals surface area contributed by atoms with Gasteiger partial charge in [-0.3, -0.25) is 0 Å². The van der Waals surface area contributed by atoms with Crippen LogP contribution in [-0.2, 0) is 0 Å². The van der Waals surface area contributed by atoms with Gasteiger partial charge in [0, 0.05) is 30.4 Å². The summed E-state index contributed by atoms with van der Waals surface area (Å²) in [6.07, 6.45) is 2.86. The lowest BCUT2D eigenvalue weighted by Gasteiger charge is -2.20. The largest absolute Gasteiger partial charge is 0.481 e. The van der Waals surface area contributed by atoms with Gasteiger partial charge in [0.1, 0.15) is 0 Å². The molecule has 0 aliphatic carbocycles. The van der Waals surface area contributed by atoms with E-state index >= 15 is 0 Å². The maximum atomic E-state index is 5.26. The van der Waals surface area contributed by atoms with E-state index in [4.69, 9.17) is 4.74 Å². The van der Waals surface area contributed by atoms with E-state index in [1.54, 1.807) is 13.3 Å². The van der Waals surface area contributed by atoms with Crippen molar-refractivity contribution in [2.75, 3.05) is 20.7 Å². The smallest absolute Gasteiger partial charge is 0.217 e. The number of rotatable bonds is 7. The monoisotopic (exact) mass is 237 g/mol. The van der Waals surface area contributed by atoms with E-state index in [1.807, 2.05) is 19.2 Å². The average Bonchev–Trinajstić information content (AvgIpc) is 2.39. The molecule has 1 heterocycles. The van der Waals surface area contributed by atoms with Crippen molar-refractivity contribution in [2.45, 2.75) is 32.4 Å². The van der Waals surface area contributed by atoms with Gasteiger partial charge in [-0.15, -0.1) is 0 Å². The third-order valence-electron chi connectivity index (χ3n) is 3.03. The number of ether oxygens (including phenoxy) is 1. The fraction of sp³-hybridized carbons (Fsp3) is 0.615. The zero-order valence-corrected chi connectivity index (χ0v) is 11.2. The van der Waals surface area contributed by atoms with Crippen LogP contribution in [0.1, 0.15) is 31.9 Å². The predicted molar refractivity (Wildman–Crippen MR) is 70.3 cm³/mol. The molecule has 1 unspecified atom stereocenters. The quantitative estimate of drug-likeness (QED) is 0.758. The van der Waals surface area contributed by atoms with Gasteiger partial charge in [-0.25, -0.2) is 4.98 Å². The summed E-state index contributed by atoms with van der Waals surface area (Å²) in [5.41, 5.74) is 1.10. The van der Waals surface area contributed by atoms with Gasteiger partial charge in [-0.05, 0) is 26.5 Å². The standard InChI is InChI=1S/C13H23N3O/c1-5-11(14-3)9-16-10(2)12-7-6-8-15-13(12)17-4/h6-8,10-11,14,16H,5,9H2,1-4H3/t10-,11?/m0/s1. The maximum Gasteiger partial charge on any atom is 0.217 e. The summed E-state index contributed by atoms with van der Waals surface area (Å²) in [5, 5.41) is 6.77. The molecule has 0 saturated carbocycles. The number of pyridine rings is 1. The summed E-state index contributed by atoms with van der Waals surface area (Å²) < 4.78 is 5.26. The number of hydrogen-bond acceptors (Lipinski definition) is 4. The Labute approximate surface area is 104 Å². The van der Waals surface area contributed by atoms with Crippen LogP contribution in [0.4, 0.5) is 0 Å². The lowest BCUT2D eigenvalue weighted by molar-refractivity contribution is 0.381. The first-order chi connectivity index (χ1) is 8.22. The van der Waals surface area contributed by atoms with Crippen molar-refractivity contribution in [1.82, 2.24) is 15.6 Å². The van der Waals surface area contributed by atoms with Crippen molar-refractivity contribution in [3.63, 3.8) is 0 Å². The Balaban J connectivity index is 2.60. The average molecular weight is 237 g/mol. The Kier molecular flexibility index (Phi) is 5.94. The summed E-state index contributed by atoms with van der Waals surface area (Å²) in [6, 6.07) is 4.72. The number of nitrogens with one attached hydrogen (secondary N) is 2. The van der Waals surface area contributed by atoms with Gasteiger partial charge in [-0.2, -0.15) is 0 Å². The Bertz CT molecular complexity index is 326. The van der Waals surface area contributed by atoms with Crippen molar-refractivity contribution < 1.29 is 4.74 Å². The second-order valence-electron chi connectivity index (χ2n) is 4.13. The fourth-order valence-electron chi connectivity index (χ4n) is 1.78. The highest BCUT2D eigenvalue weighted by Gasteiger charge is 2.12. The summed E-state index contributed by atoms with van der Waals surface area (Å²) in [5.74, 6) is 0.699. The minimum absolute atomic E-state index is 0.237. The van der Waals surface area contributed by atoms with Crippen molar-refractivity contribution in [1.29, 1.82) is 0 Å². The van der Waals surface area contributed by atoms with E-state index < -0.39 is 0 Å². The molecule has 0 amide bonds. The molecular formula is C13H23N3O. The summed E-state index contributed by atoms with van der Waals surface area (Å²) in [7, 11) is 3.65. The number of aromatic nitrogens is 1. The molecule has 0 aromatic carbocycles. The van der Waals surface area contributed by atoms with Gasteiger partial charge in [0.25, 0.3) is 0 Å². The molecule has 1 aromatic rings. The van der Waals surface area contributed by atoms with Crippen molar-refractivity contribution in [3.8, 4) is 5.88 Å². The molecule has 1 rings (SSSR count). The third-order valence-corrected chi connectivity index (χ3v) is 3.03. The minimum Gasteiger partial charge on any atom is -0.481 e. The molecule has 0 aliphatic rings. The first-order valence-electron chi connectivity index (χ1n) is 6.12. The van der Waals surface area contributed by atoms with Gasteiger partial charge in [0.2, 0.25) is 5.88 Å². The van der Waals surface area contributed by atoms with Crippen molar-refractivity contribution in [3.05, 3.63) is 23.9 Å². The van der Waals surface area contributed by atoms with E-state index in [0.717, 1.165) is 18.5 Å². The van der Waals surface area contributed by atoms with Crippen LogP contribution in [0.2, 0.25) is 0 Å². The molecule has 0 saturated heterocycles. The molecule has 4 heteroatoms. The predicted octanol–water partition coefficient (Wildman–Crippen LogP) is 1.74. The van der Waals surface area contributed by atoms with Crippen molar-refractivity contribution in [2.24, 2.45) is 0 Å². The highest BCUT2D eigenvalue weighted by atomic mass is 16.5. The normalized spacial score (nSPS) is 14.4. The number of methoxy groups -OCH3 is 1. The molecule has 96 valence electrons. The lowest BCUT2D eigenvalue weighted by atomic mass is 10.1. The molecule has 1 aromatic heterocycles. The van der Waals surface area contributed by atoms with Crippen LogP contribution in [0.3, 0.4) is 0 Å². The van der Waals surface area contributed by atoms with Gasteiger partial charge in [-0.1, -0.05) is 13.0 Å².